The molecule has 0 fully saturated rings. The van der Waals surface area contributed by atoms with Gasteiger partial charge in [0, 0.05) is 41.4 Å². The second-order valence-electron chi connectivity index (χ2n) is 9.04. The Morgan fingerprint density at radius 3 is 1.59 bits per heavy atom. The van der Waals surface area contributed by atoms with E-state index >= 15 is 0 Å². The summed E-state index contributed by atoms with van der Waals surface area (Å²) in [6, 6.07) is 22.9. The van der Waals surface area contributed by atoms with Crippen LogP contribution in [0.4, 0.5) is 0 Å². The molecule has 4 rings (SSSR count). The fourth-order valence-electron chi connectivity index (χ4n) is 4.45. The van der Waals surface area contributed by atoms with Crippen LogP contribution in [0, 0.1) is 3.57 Å². The van der Waals surface area contributed by atoms with Crippen molar-refractivity contribution in [1.82, 2.24) is 0 Å². The number of benzene rings is 3. The summed E-state index contributed by atoms with van der Waals surface area (Å²) in [4.78, 5) is 50.3. The highest BCUT2D eigenvalue weighted by Gasteiger charge is 2.39. The summed E-state index contributed by atoms with van der Waals surface area (Å²) in [6.07, 6.45) is -3.75. The average molecular weight is 642 g/mol. The molecular weight excluding hydrogens is 615 g/mol. The van der Waals surface area contributed by atoms with Gasteiger partial charge in [-0.3, -0.25) is 9.59 Å². The molecule has 0 aromatic heterocycles. The first-order valence-corrected chi connectivity index (χ1v) is 13.4. The molecular formula is C30H27IO8. The van der Waals surface area contributed by atoms with Crippen LogP contribution >= 0.6 is 22.6 Å². The van der Waals surface area contributed by atoms with Gasteiger partial charge in [-0.05, 0) is 39.8 Å². The maximum Gasteiger partial charge on any atom is 0.352 e. The van der Waals surface area contributed by atoms with Gasteiger partial charge >= 0.3 is 23.9 Å². The monoisotopic (exact) mass is 642 g/mol. The average Bonchev–Trinajstić information content (AvgIpc) is 2.92. The third kappa shape index (κ3) is 7.23. The van der Waals surface area contributed by atoms with Crippen molar-refractivity contribution in [2.45, 2.75) is 51.1 Å². The molecule has 0 spiro atoms. The highest BCUT2D eigenvalue weighted by molar-refractivity contribution is 14.1. The Bertz CT molecular complexity index is 1340. The van der Waals surface area contributed by atoms with Crippen LogP contribution < -0.4 is 0 Å². The van der Waals surface area contributed by atoms with E-state index < -0.39 is 48.3 Å². The zero-order valence-electron chi connectivity index (χ0n) is 21.4. The van der Waals surface area contributed by atoms with Gasteiger partial charge in [0.05, 0.1) is 0 Å². The van der Waals surface area contributed by atoms with Gasteiger partial charge in [0.25, 0.3) is 0 Å². The van der Waals surface area contributed by atoms with E-state index in [1.54, 1.807) is 60.7 Å². The number of fused-ring (bicyclic) bond motifs is 1. The zero-order valence-corrected chi connectivity index (χ0v) is 23.5. The number of carbonyl (C=O) groups excluding carboxylic acids is 4. The van der Waals surface area contributed by atoms with Gasteiger partial charge in [-0.25, -0.2) is 9.59 Å². The molecule has 1 aliphatic carbocycles. The molecule has 0 N–H and O–H groups in total. The Balaban J connectivity index is 1.62. The second kappa shape index (κ2) is 12.9. The standard InChI is InChI=1S/C30H27IO8/c1-18(32)36-27(20-10-5-3-6-11-20)29(34)38-25-16-22-14-9-15-24(31)23(22)17-26(25)39-30(35)28(37-19(2)33)21-12-7-4-8-13-21/h3-15,25-28H,16-17H2,1-2H3. The molecule has 0 saturated heterocycles. The van der Waals surface area contributed by atoms with Gasteiger partial charge in [0.2, 0.25) is 12.2 Å². The quantitative estimate of drug-likeness (QED) is 0.196. The largest absolute Gasteiger partial charge is 0.455 e. The Labute approximate surface area is 239 Å². The van der Waals surface area contributed by atoms with Crippen molar-refractivity contribution >= 4 is 46.5 Å². The van der Waals surface area contributed by atoms with Crippen molar-refractivity contribution in [2.75, 3.05) is 0 Å². The number of ether oxygens (including phenoxy) is 4. The van der Waals surface area contributed by atoms with E-state index in [0.717, 1.165) is 14.7 Å². The summed E-state index contributed by atoms with van der Waals surface area (Å²) < 4.78 is 23.4. The van der Waals surface area contributed by atoms with Gasteiger partial charge in [-0.1, -0.05) is 72.8 Å². The molecule has 9 heteroatoms. The van der Waals surface area contributed by atoms with Gasteiger partial charge < -0.3 is 18.9 Å². The maximum absolute atomic E-state index is 13.4. The molecule has 39 heavy (non-hydrogen) atoms. The third-order valence-electron chi connectivity index (χ3n) is 6.19. The van der Waals surface area contributed by atoms with E-state index in [1.165, 1.54) is 13.8 Å². The summed E-state index contributed by atoms with van der Waals surface area (Å²) in [5.74, 6) is -2.84. The summed E-state index contributed by atoms with van der Waals surface area (Å²) in [5.41, 5.74) is 2.84. The van der Waals surface area contributed by atoms with Crippen LogP contribution in [0.15, 0.2) is 78.9 Å². The first-order valence-electron chi connectivity index (χ1n) is 12.3. The lowest BCUT2D eigenvalue weighted by molar-refractivity contribution is -0.186. The van der Waals surface area contributed by atoms with Crippen molar-refractivity contribution in [1.29, 1.82) is 0 Å². The first kappa shape index (κ1) is 28.3. The summed E-state index contributed by atoms with van der Waals surface area (Å²) in [6.45, 7) is 2.43. The highest BCUT2D eigenvalue weighted by Crippen LogP contribution is 2.32. The van der Waals surface area contributed by atoms with E-state index in [4.69, 9.17) is 18.9 Å². The predicted molar refractivity (Wildman–Crippen MR) is 148 cm³/mol. The van der Waals surface area contributed by atoms with Gasteiger partial charge in [0.15, 0.2) is 0 Å². The molecule has 4 unspecified atom stereocenters. The molecule has 8 nitrogen and oxygen atoms in total. The first-order chi connectivity index (χ1) is 18.7. The summed E-state index contributed by atoms with van der Waals surface area (Å²) >= 11 is 2.21. The minimum absolute atomic E-state index is 0.279. The van der Waals surface area contributed by atoms with Crippen LogP contribution in [0.2, 0.25) is 0 Å². The second-order valence-corrected chi connectivity index (χ2v) is 10.2. The van der Waals surface area contributed by atoms with Gasteiger partial charge in [0.1, 0.15) is 12.2 Å². The number of esters is 4. The smallest absolute Gasteiger partial charge is 0.352 e. The van der Waals surface area contributed by atoms with Crippen LogP contribution in [0.3, 0.4) is 0 Å². The molecule has 0 heterocycles. The lowest BCUT2D eigenvalue weighted by Gasteiger charge is -2.34. The topological polar surface area (TPSA) is 105 Å². The summed E-state index contributed by atoms with van der Waals surface area (Å²) in [5, 5.41) is 0. The predicted octanol–water partition coefficient (Wildman–Crippen LogP) is 4.82. The lowest BCUT2D eigenvalue weighted by Crippen LogP contribution is -2.43. The molecule has 0 saturated carbocycles. The van der Waals surface area contributed by atoms with Crippen LogP contribution in [-0.2, 0) is 51.0 Å². The molecule has 0 amide bonds. The molecule has 3 aromatic carbocycles. The highest BCUT2D eigenvalue weighted by atomic mass is 127. The van der Waals surface area contributed by atoms with E-state index in [1.807, 2.05) is 18.2 Å². The Morgan fingerprint density at radius 1 is 0.667 bits per heavy atom. The number of rotatable bonds is 8. The number of halogens is 1. The molecule has 4 atom stereocenters. The number of hydrogen-bond acceptors (Lipinski definition) is 8. The van der Waals surface area contributed by atoms with Crippen LogP contribution in [0.25, 0.3) is 0 Å². The number of carbonyl (C=O) groups is 4. The van der Waals surface area contributed by atoms with Crippen molar-refractivity contribution in [3.8, 4) is 0 Å². The fourth-order valence-corrected chi connectivity index (χ4v) is 5.23. The Hall–Kier alpha value is -3.73. The van der Waals surface area contributed by atoms with Crippen molar-refractivity contribution in [3.63, 3.8) is 0 Å². The Morgan fingerprint density at radius 2 is 1.13 bits per heavy atom. The lowest BCUT2D eigenvalue weighted by atomic mass is 9.87. The van der Waals surface area contributed by atoms with Crippen molar-refractivity contribution in [3.05, 3.63) is 105 Å². The van der Waals surface area contributed by atoms with Crippen molar-refractivity contribution < 1.29 is 38.1 Å². The molecule has 0 bridgehead atoms. The number of hydrogen-bond donors (Lipinski definition) is 0. The SMILES string of the molecule is CC(=O)OC(C(=O)OC1Cc2cccc(I)c2CC1OC(=O)C(OC(C)=O)c1ccccc1)c1ccccc1. The Kier molecular flexibility index (Phi) is 9.34. The molecule has 0 radical (unpaired) electrons. The molecule has 202 valence electrons. The molecule has 0 aliphatic heterocycles. The van der Waals surface area contributed by atoms with E-state index in [9.17, 15) is 19.2 Å². The normalized spacial score (nSPS) is 17.6. The molecule has 3 aromatic rings. The van der Waals surface area contributed by atoms with Gasteiger partial charge in [-0.2, -0.15) is 0 Å². The van der Waals surface area contributed by atoms with Gasteiger partial charge in [-0.15, -0.1) is 0 Å². The zero-order chi connectivity index (χ0) is 27.9. The van der Waals surface area contributed by atoms with Crippen LogP contribution in [0.1, 0.15) is 48.3 Å². The van der Waals surface area contributed by atoms with Crippen LogP contribution in [-0.4, -0.2) is 36.1 Å². The van der Waals surface area contributed by atoms with Crippen LogP contribution in [0.5, 0.6) is 0 Å². The fraction of sp³-hybridized carbons (Fsp3) is 0.267. The van der Waals surface area contributed by atoms with E-state index in [0.29, 0.717) is 11.1 Å². The molecule has 1 aliphatic rings. The maximum atomic E-state index is 13.4. The van der Waals surface area contributed by atoms with Crippen molar-refractivity contribution in [2.24, 2.45) is 0 Å². The summed E-state index contributed by atoms with van der Waals surface area (Å²) in [7, 11) is 0. The third-order valence-corrected chi connectivity index (χ3v) is 7.20. The minimum atomic E-state index is -1.28. The van der Waals surface area contributed by atoms with E-state index in [2.05, 4.69) is 22.6 Å². The van der Waals surface area contributed by atoms with E-state index in [-0.39, 0.29) is 12.8 Å². The minimum Gasteiger partial charge on any atom is -0.455 e.